The molecule has 0 aromatic heterocycles. The zero-order valence-electron chi connectivity index (χ0n) is 10.3. The minimum absolute atomic E-state index is 0.0568. The molecule has 8 heteroatoms. The van der Waals surface area contributed by atoms with Crippen LogP contribution in [0.15, 0.2) is 0 Å². The second-order valence-corrected chi connectivity index (χ2v) is 6.57. The van der Waals surface area contributed by atoms with Gasteiger partial charge in [0, 0.05) is 13.6 Å². The SMILES string of the molecule is CN(CC(=O)NCC(C)(C)C(=O)O)S(C)(=O)=O. The number of nitrogens with one attached hydrogen (secondary N) is 1. The first-order chi connectivity index (χ1) is 7.47. The molecular formula is C9H18N2O5S. The van der Waals surface area contributed by atoms with E-state index >= 15 is 0 Å². The molecule has 1 amide bonds. The third-order valence-corrected chi connectivity index (χ3v) is 3.50. The average molecular weight is 266 g/mol. The van der Waals surface area contributed by atoms with Crippen molar-refractivity contribution >= 4 is 21.9 Å². The Hall–Kier alpha value is -1.15. The minimum atomic E-state index is -3.41. The fourth-order valence-corrected chi connectivity index (χ4v) is 1.12. The first kappa shape index (κ1) is 15.9. The summed E-state index contributed by atoms with van der Waals surface area (Å²) in [7, 11) is -2.14. The van der Waals surface area contributed by atoms with Gasteiger partial charge in [-0.15, -0.1) is 0 Å². The van der Waals surface area contributed by atoms with Crippen molar-refractivity contribution in [3.05, 3.63) is 0 Å². The second kappa shape index (κ2) is 5.46. The second-order valence-electron chi connectivity index (χ2n) is 4.48. The van der Waals surface area contributed by atoms with Gasteiger partial charge in [-0.05, 0) is 13.8 Å². The van der Waals surface area contributed by atoms with Gasteiger partial charge in [-0.2, -0.15) is 4.31 Å². The molecule has 100 valence electrons. The van der Waals surface area contributed by atoms with Crippen LogP contribution in [0, 0.1) is 5.41 Å². The third-order valence-electron chi connectivity index (χ3n) is 2.24. The van der Waals surface area contributed by atoms with Crippen LogP contribution in [0.1, 0.15) is 13.8 Å². The number of carboxylic acids is 1. The summed E-state index contributed by atoms with van der Waals surface area (Å²) in [6, 6.07) is 0. The van der Waals surface area contributed by atoms with Gasteiger partial charge in [0.05, 0.1) is 18.2 Å². The van der Waals surface area contributed by atoms with Gasteiger partial charge >= 0.3 is 5.97 Å². The van der Waals surface area contributed by atoms with Crippen molar-refractivity contribution in [2.45, 2.75) is 13.8 Å². The highest BCUT2D eigenvalue weighted by Gasteiger charge is 2.27. The molecule has 0 aromatic carbocycles. The van der Waals surface area contributed by atoms with E-state index in [-0.39, 0.29) is 13.1 Å². The van der Waals surface area contributed by atoms with E-state index in [0.717, 1.165) is 10.6 Å². The maximum Gasteiger partial charge on any atom is 0.310 e. The normalized spacial score (nSPS) is 12.5. The topological polar surface area (TPSA) is 104 Å². The molecule has 0 rings (SSSR count). The first-order valence-corrected chi connectivity index (χ1v) is 6.73. The summed E-state index contributed by atoms with van der Waals surface area (Å²) in [5, 5.41) is 11.2. The summed E-state index contributed by atoms with van der Waals surface area (Å²) in [5.74, 6) is -1.57. The highest BCUT2D eigenvalue weighted by Crippen LogP contribution is 2.12. The lowest BCUT2D eigenvalue weighted by atomic mass is 9.94. The Labute approximate surface area is 101 Å². The fraction of sp³-hybridized carbons (Fsp3) is 0.778. The Morgan fingerprint density at radius 2 is 1.82 bits per heavy atom. The van der Waals surface area contributed by atoms with E-state index in [1.807, 2.05) is 0 Å². The van der Waals surface area contributed by atoms with Crippen LogP contribution in [0.3, 0.4) is 0 Å². The van der Waals surface area contributed by atoms with E-state index in [2.05, 4.69) is 5.32 Å². The molecule has 0 aromatic rings. The van der Waals surface area contributed by atoms with E-state index in [4.69, 9.17) is 5.11 Å². The number of nitrogens with zero attached hydrogens (tertiary/aromatic N) is 1. The molecule has 0 aliphatic rings. The van der Waals surface area contributed by atoms with Gasteiger partial charge in [-0.3, -0.25) is 9.59 Å². The van der Waals surface area contributed by atoms with Crippen molar-refractivity contribution in [1.82, 2.24) is 9.62 Å². The van der Waals surface area contributed by atoms with Gasteiger partial charge in [0.15, 0.2) is 0 Å². The number of rotatable bonds is 6. The number of carbonyl (C=O) groups is 2. The molecule has 0 atom stereocenters. The van der Waals surface area contributed by atoms with Crippen molar-refractivity contribution in [2.24, 2.45) is 5.41 Å². The van der Waals surface area contributed by atoms with Crippen molar-refractivity contribution in [2.75, 3.05) is 26.4 Å². The predicted octanol–water partition coefficient (Wildman–Crippen LogP) is -0.895. The third kappa shape index (κ3) is 5.64. The predicted molar refractivity (Wildman–Crippen MR) is 61.9 cm³/mol. The van der Waals surface area contributed by atoms with E-state index < -0.39 is 27.3 Å². The van der Waals surface area contributed by atoms with Gasteiger partial charge < -0.3 is 10.4 Å². The lowest BCUT2D eigenvalue weighted by Gasteiger charge is -2.20. The van der Waals surface area contributed by atoms with E-state index in [9.17, 15) is 18.0 Å². The molecule has 17 heavy (non-hydrogen) atoms. The van der Waals surface area contributed by atoms with E-state index in [0.29, 0.717) is 0 Å². The Kier molecular flexibility index (Phi) is 5.09. The van der Waals surface area contributed by atoms with Crippen molar-refractivity contribution in [3.8, 4) is 0 Å². The van der Waals surface area contributed by atoms with Crippen LogP contribution in [0.25, 0.3) is 0 Å². The van der Waals surface area contributed by atoms with E-state index in [1.165, 1.54) is 20.9 Å². The number of carbonyl (C=O) groups excluding carboxylic acids is 1. The van der Waals surface area contributed by atoms with Gasteiger partial charge in [0.2, 0.25) is 15.9 Å². The number of aliphatic carboxylic acids is 1. The van der Waals surface area contributed by atoms with Gasteiger partial charge in [0.25, 0.3) is 0 Å². The quantitative estimate of drug-likeness (QED) is 0.648. The minimum Gasteiger partial charge on any atom is -0.481 e. The van der Waals surface area contributed by atoms with Gasteiger partial charge in [-0.25, -0.2) is 8.42 Å². The number of amides is 1. The molecule has 0 unspecified atom stereocenters. The first-order valence-electron chi connectivity index (χ1n) is 4.88. The summed E-state index contributed by atoms with van der Waals surface area (Å²) in [4.78, 5) is 22.1. The Morgan fingerprint density at radius 3 is 2.18 bits per heavy atom. The molecule has 0 bridgehead atoms. The maximum absolute atomic E-state index is 11.4. The monoisotopic (exact) mass is 266 g/mol. The smallest absolute Gasteiger partial charge is 0.310 e. The Bertz CT molecular complexity index is 402. The molecule has 0 saturated heterocycles. The molecule has 2 N–H and O–H groups in total. The summed E-state index contributed by atoms with van der Waals surface area (Å²) < 4.78 is 22.9. The number of carboxylic acid groups (broad SMARTS) is 1. The number of likely N-dealkylation sites (N-methyl/N-ethyl adjacent to an activating group) is 1. The van der Waals surface area contributed by atoms with Crippen molar-refractivity contribution in [1.29, 1.82) is 0 Å². The highest BCUT2D eigenvalue weighted by molar-refractivity contribution is 7.88. The van der Waals surface area contributed by atoms with Crippen LogP contribution in [0.5, 0.6) is 0 Å². The summed E-state index contributed by atoms with van der Waals surface area (Å²) in [6.45, 7) is 2.55. The lowest BCUT2D eigenvalue weighted by molar-refractivity contribution is -0.146. The standard InChI is InChI=1S/C9H18N2O5S/c1-9(2,8(13)14)6-10-7(12)5-11(3)17(4,15)16/h5-6H2,1-4H3,(H,10,12)(H,13,14). The van der Waals surface area contributed by atoms with E-state index in [1.54, 1.807) is 0 Å². The van der Waals surface area contributed by atoms with Gasteiger partial charge in [0.1, 0.15) is 0 Å². The molecular weight excluding hydrogens is 248 g/mol. The average Bonchev–Trinajstić information content (AvgIpc) is 2.13. The highest BCUT2D eigenvalue weighted by atomic mass is 32.2. The summed E-state index contributed by atoms with van der Waals surface area (Å²) >= 11 is 0. The Balaban J connectivity index is 4.27. The molecule has 0 aliphatic heterocycles. The van der Waals surface area contributed by atoms with Crippen LogP contribution in [0.2, 0.25) is 0 Å². The zero-order chi connectivity index (χ0) is 13.9. The molecule has 0 radical (unpaired) electrons. The molecule has 0 fully saturated rings. The van der Waals surface area contributed by atoms with Crippen LogP contribution in [-0.4, -0.2) is 56.1 Å². The van der Waals surface area contributed by atoms with Gasteiger partial charge in [-0.1, -0.05) is 0 Å². The number of hydrogen-bond donors (Lipinski definition) is 2. The largest absolute Gasteiger partial charge is 0.481 e. The molecule has 0 spiro atoms. The number of hydrogen-bond acceptors (Lipinski definition) is 4. The zero-order valence-corrected chi connectivity index (χ0v) is 11.2. The molecule has 0 heterocycles. The molecule has 7 nitrogen and oxygen atoms in total. The lowest BCUT2D eigenvalue weighted by Crippen LogP contribution is -2.43. The van der Waals surface area contributed by atoms with Crippen LogP contribution in [0.4, 0.5) is 0 Å². The Morgan fingerprint density at radius 1 is 1.35 bits per heavy atom. The van der Waals surface area contributed by atoms with Crippen LogP contribution < -0.4 is 5.32 Å². The summed E-state index contributed by atoms with van der Waals surface area (Å²) in [5.41, 5.74) is -1.08. The van der Waals surface area contributed by atoms with Crippen molar-refractivity contribution in [3.63, 3.8) is 0 Å². The number of sulfonamides is 1. The van der Waals surface area contributed by atoms with Crippen LogP contribution >= 0.6 is 0 Å². The summed E-state index contributed by atoms with van der Waals surface area (Å²) in [6.07, 6.45) is 0.988. The van der Waals surface area contributed by atoms with Crippen molar-refractivity contribution < 1.29 is 23.1 Å². The van der Waals surface area contributed by atoms with Crippen LogP contribution in [-0.2, 0) is 19.6 Å². The molecule has 0 saturated carbocycles. The fourth-order valence-electron chi connectivity index (χ4n) is 0.771. The maximum atomic E-state index is 11.4. The molecule has 0 aliphatic carbocycles.